The van der Waals surface area contributed by atoms with E-state index in [1.807, 2.05) is 0 Å². The van der Waals surface area contributed by atoms with Gasteiger partial charge in [0.25, 0.3) is 10.0 Å². The zero-order valence-electron chi connectivity index (χ0n) is 6.40. The summed E-state index contributed by atoms with van der Waals surface area (Å²) in [5.74, 6) is 0. The Bertz CT molecular complexity index is 398. The summed E-state index contributed by atoms with van der Waals surface area (Å²) in [6.45, 7) is 0. The van der Waals surface area contributed by atoms with Crippen LogP contribution in [0.25, 0.3) is 0 Å². The fourth-order valence-corrected chi connectivity index (χ4v) is 1.86. The van der Waals surface area contributed by atoms with Crippen LogP contribution in [0.5, 0.6) is 0 Å². The first-order valence-electron chi connectivity index (χ1n) is 3.28. The number of nitrogens with one attached hydrogen (secondary N) is 1. The van der Waals surface area contributed by atoms with Crippen molar-refractivity contribution < 1.29 is 13.2 Å². The summed E-state index contributed by atoms with van der Waals surface area (Å²) in [5.41, 5.74) is 0. The SMILES string of the molecule is O=CNS(=O)(=O)c1ccc(I)cc1. The van der Waals surface area contributed by atoms with Crippen molar-refractivity contribution in [2.24, 2.45) is 0 Å². The van der Waals surface area contributed by atoms with Gasteiger partial charge in [-0.05, 0) is 46.9 Å². The summed E-state index contributed by atoms with van der Waals surface area (Å²) < 4.78 is 25.1. The number of hydrogen-bond acceptors (Lipinski definition) is 3. The largest absolute Gasteiger partial charge is 0.278 e. The van der Waals surface area contributed by atoms with Gasteiger partial charge >= 0.3 is 0 Å². The molecule has 0 atom stereocenters. The lowest BCUT2D eigenvalue weighted by atomic mass is 10.4. The summed E-state index contributed by atoms with van der Waals surface area (Å²) >= 11 is 2.06. The second-order valence-electron chi connectivity index (χ2n) is 2.19. The van der Waals surface area contributed by atoms with Gasteiger partial charge in [-0.1, -0.05) is 0 Å². The first kappa shape index (κ1) is 10.5. The fraction of sp³-hybridized carbons (Fsp3) is 0. The van der Waals surface area contributed by atoms with E-state index in [0.29, 0.717) is 0 Å². The minimum Gasteiger partial charge on any atom is -0.278 e. The van der Waals surface area contributed by atoms with Gasteiger partial charge < -0.3 is 0 Å². The molecule has 6 heteroatoms. The Morgan fingerprint density at radius 1 is 1.23 bits per heavy atom. The third-order valence-corrected chi connectivity index (χ3v) is 3.35. The Morgan fingerprint density at radius 3 is 2.23 bits per heavy atom. The topological polar surface area (TPSA) is 63.2 Å². The zero-order chi connectivity index (χ0) is 9.90. The van der Waals surface area contributed by atoms with E-state index in [4.69, 9.17) is 0 Å². The van der Waals surface area contributed by atoms with Gasteiger partial charge in [-0.15, -0.1) is 0 Å². The maximum Gasteiger partial charge on any atom is 0.263 e. The van der Waals surface area contributed by atoms with E-state index in [-0.39, 0.29) is 11.3 Å². The predicted octanol–water partition coefficient (Wildman–Crippen LogP) is 0.726. The minimum absolute atomic E-state index is 0.0833. The van der Waals surface area contributed by atoms with Crippen LogP contribution in [-0.4, -0.2) is 14.8 Å². The van der Waals surface area contributed by atoms with Gasteiger partial charge in [0.2, 0.25) is 6.41 Å². The van der Waals surface area contributed by atoms with Gasteiger partial charge in [-0.2, -0.15) is 0 Å². The van der Waals surface area contributed by atoms with E-state index in [9.17, 15) is 13.2 Å². The van der Waals surface area contributed by atoms with Gasteiger partial charge in [0.1, 0.15) is 0 Å². The van der Waals surface area contributed by atoms with Crippen LogP contribution in [-0.2, 0) is 14.8 Å². The van der Waals surface area contributed by atoms with E-state index in [1.54, 1.807) is 16.9 Å². The van der Waals surface area contributed by atoms with Crippen molar-refractivity contribution in [2.75, 3.05) is 0 Å². The molecular weight excluding hydrogens is 305 g/mol. The number of carbonyl (C=O) groups excluding carboxylic acids is 1. The molecule has 70 valence electrons. The Hall–Kier alpha value is -0.630. The number of sulfonamides is 1. The van der Waals surface area contributed by atoms with Gasteiger partial charge in [-0.3, -0.25) is 9.52 Å². The molecule has 4 nitrogen and oxygen atoms in total. The lowest BCUT2D eigenvalue weighted by molar-refractivity contribution is -0.108. The van der Waals surface area contributed by atoms with E-state index < -0.39 is 10.0 Å². The molecule has 0 saturated heterocycles. The molecule has 1 aromatic rings. The maximum atomic E-state index is 11.2. The van der Waals surface area contributed by atoms with Gasteiger partial charge in [0, 0.05) is 3.57 Å². The summed E-state index contributed by atoms with van der Waals surface area (Å²) in [4.78, 5) is 10.1. The number of carbonyl (C=O) groups is 1. The van der Waals surface area contributed by atoms with Crippen molar-refractivity contribution in [1.29, 1.82) is 0 Å². The van der Waals surface area contributed by atoms with Crippen LogP contribution in [0.2, 0.25) is 0 Å². The number of hydrogen-bond donors (Lipinski definition) is 1. The van der Waals surface area contributed by atoms with Crippen molar-refractivity contribution in [1.82, 2.24) is 4.72 Å². The van der Waals surface area contributed by atoms with E-state index in [1.165, 1.54) is 12.1 Å². The van der Waals surface area contributed by atoms with Crippen molar-refractivity contribution in [3.63, 3.8) is 0 Å². The van der Waals surface area contributed by atoms with Crippen LogP contribution in [0.1, 0.15) is 0 Å². The second-order valence-corrected chi connectivity index (χ2v) is 5.15. The molecule has 0 spiro atoms. The smallest absolute Gasteiger partial charge is 0.263 e. The summed E-state index contributed by atoms with van der Waals surface area (Å²) in [6.07, 6.45) is 0.146. The standard InChI is InChI=1S/C7H6INO3S/c8-6-1-3-7(4-2-6)13(11,12)9-5-10/h1-5H,(H,9,10). The van der Waals surface area contributed by atoms with Crippen molar-refractivity contribution in [2.45, 2.75) is 4.90 Å². The van der Waals surface area contributed by atoms with Crippen molar-refractivity contribution in [3.8, 4) is 0 Å². The molecule has 1 aromatic carbocycles. The molecule has 1 amide bonds. The Balaban J connectivity index is 3.08. The highest BCUT2D eigenvalue weighted by Gasteiger charge is 2.11. The third-order valence-electron chi connectivity index (χ3n) is 1.33. The lowest BCUT2D eigenvalue weighted by Crippen LogP contribution is -2.21. The number of amides is 1. The first-order chi connectivity index (χ1) is 6.06. The summed E-state index contributed by atoms with van der Waals surface area (Å²) in [7, 11) is -3.65. The number of halogens is 1. The summed E-state index contributed by atoms with van der Waals surface area (Å²) in [6, 6.07) is 6.18. The van der Waals surface area contributed by atoms with Gasteiger partial charge in [-0.25, -0.2) is 8.42 Å². The molecule has 0 aliphatic heterocycles. The molecular formula is C7H6INO3S. The fourth-order valence-electron chi connectivity index (χ4n) is 0.745. The van der Waals surface area contributed by atoms with Gasteiger partial charge in [0.15, 0.2) is 0 Å². The molecule has 0 unspecified atom stereocenters. The highest BCUT2D eigenvalue weighted by atomic mass is 127. The molecule has 1 N–H and O–H groups in total. The maximum absolute atomic E-state index is 11.2. The third kappa shape index (κ3) is 2.66. The van der Waals surface area contributed by atoms with Crippen molar-refractivity contribution >= 4 is 39.0 Å². The Labute approximate surface area is 89.5 Å². The number of rotatable bonds is 3. The summed E-state index contributed by atoms with van der Waals surface area (Å²) in [5, 5.41) is 0. The normalized spacial score (nSPS) is 10.8. The molecule has 0 saturated carbocycles. The second kappa shape index (κ2) is 4.05. The molecule has 0 fully saturated rings. The first-order valence-corrected chi connectivity index (χ1v) is 5.84. The van der Waals surface area contributed by atoms with Crippen LogP contribution in [0, 0.1) is 3.57 Å². The molecule has 13 heavy (non-hydrogen) atoms. The predicted molar refractivity (Wildman–Crippen MR) is 55.5 cm³/mol. The van der Waals surface area contributed by atoms with Crippen molar-refractivity contribution in [3.05, 3.63) is 27.8 Å². The Kier molecular flexibility index (Phi) is 3.26. The van der Waals surface area contributed by atoms with Crippen LogP contribution in [0.4, 0.5) is 0 Å². The van der Waals surface area contributed by atoms with Crippen LogP contribution in [0.15, 0.2) is 29.2 Å². The molecule has 0 aliphatic rings. The van der Waals surface area contributed by atoms with Crippen LogP contribution >= 0.6 is 22.6 Å². The highest BCUT2D eigenvalue weighted by molar-refractivity contribution is 14.1. The van der Waals surface area contributed by atoms with E-state index >= 15 is 0 Å². The van der Waals surface area contributed by atoms with Gasteiger partial charge in [0.05, 0.1) is 4.90 Å². The highest BCUT2D eigenvalue weighted by Crippen LogP contribution is 2.11. The molecule has 0 heterocycles. The average Bonchev–Trinajstić information content (AvgIpc) is 2.05. The van der Waals surface area contributed by atoms with Crippen LogP contribution < -0.4 is 4.72 Å². The molecule has 0 aliphatic carbocycles. The van der Waals surface area contributed by atoms with Crippen LogP contribution in [0.3, 0.4) is 0 Å². The lowest BCUT2D eigenvalue weighted by Gasteiger charge is -2.00. The molecule has 0 radical (unpaired) electrons. The molecule has 1 rings (SSSR count). The van der Waals surface area contributed by atoms with E-state index in [2.05, 4.69) is 22.6 Å². The number of benzene rings is 1. The zero-order valence-corrected chi connectivity index (χ0v) is 9.37. The monoisotopic (exact) mass is 311 g/mol. The molecule has 0 aromatic heterocycles. The Morgan fingerprint density at radius 2 is 1.77 bits per heavy atom. The average molecular weight is 311 g/mol. The quantitative estimate of drug-likeness (QED) is 0.661. The minimum atomic E-state index is -3.65. The molecule has 0 bridgehead atoms. The van der Waals surface area contributed by atoms with E-state index in [0.717, 1.165) is 3.57 Å².